The molecular weight excluding hydrogens is 290 g/mol. The molecule has 0 amide bonds. The van der Waals surface area contributed by atoms with Gasteiger partial charge in [-0.15, -0.1) is 0 Å². The molecule has 0 unspecified atom stereocenters. The van der Waals surface area contributed by atoms with Crippen LogP contribution in [-0.4, -0.2) is 40.6 Å². The molecule has 0 aromatic carbocycles. The highest BCUT2D eigenvalue weighted by atomic mass is 16.5. The van der Waals surface area contributed by atoms with Crippen LogP contribution in [0.25, 0.3) is 11.0 Å². The average Bonchev–Trinajstić information content (AvgIpc) is 2.97. The van der Waals surface area contributed by atoms with E-state index >= 15 is 0 Å². The molecule has 0 spiro atoms. The molecule has 3 heterocycles. The highest BCUT2D eigenvalue weighted by Gasteiger charge is 2.28. The van der Waals surface area contributed by atoms with Gasteiger partial charge >= 0.3 is 0 Å². The number of aryl methyl sites for hydroxylation is 1. The summed E-state index contributed by atoms with van der Waals surface area (Å²) >= 11 is 0. The molecule has 122 valence electrons. The second kappa shape index (κ2) is 5.82. The number of aromatic nitrogens is 3. The van der Waals surface area contributed by atoms with E-state index in [4.69, 9.17) is 9.72 Å². The van der Waals surface area contributed by atoms with Crippen molar-refractivity contribution in [2.24, 2.45) is 0 Å². The van der Waals surface area contributed by atoms with Gasteiger partial charge in [0.25, 0.3) is 0 Å². The van der Waals surface area contributed by atoms with Gasteiger partial charge in [0.1, 0.15) is 11.3 Å². The van der Waals surface area contributed by atoms with E-state index in [1.807, 2.05) is 25.5 Å². The summed E-state index contributed by atoms with van der Waals surface area (Å²) in [5.74, 6) is 0.905. The maximum atomic E-state index is 9.63. The van der Waals surface area contributed by atoms with Crippen molar-refractivity contribution >= 4 is 16.9 Å². The molecule has 1 aliphatic heterocycles. The second-order valence-electron chi connectivity index (χ2n) is 6.58. The van der Waals surface area contributed by atoms with Crippen molar-refractivity contribution in [2.45, 2.75) is 45.7 Å². The van der Waals surface area contributed by atoms with Gasteiger partial charge in [-0.2, -0.15) is 10.4 Å². The van der Waals surface area contributed by atoms with E-state index in [1.165, 1.54) is 0 Å². The summed E-state index contributed by atoms with van der Waals surface area (Å²) in [4.78, 5) is 7.06. The van der Waals surface area contributed by atoms with Crippen LogP contribution < -0.4 is 4.90 Å². The van der Waals surface area contributed by atoms with Crippen LogP contribution in [-0.2, 0) is 16.7 Å². The summed E-state index contributed by atoms with van der Waals surface area (Å²) in [5.41, 5.74) is 2.20. The van der Waals surface area contributed by atoms with Crippen LogP contribution >= 0.6 is 0 Å². The van der Waals surface area contributed by atoms with Crippen molar-refractivity contribution < 1.29 is 4.74 Å². The molecule has 0 bridgehead atoms. The highest BCUT2D eigenvalue weighted by Crippen LogP contribution is 2.33. The van der Waals surface area contributed by atoms with Crippen molar-refractivity contribution in [2.75, 3.05) is 24.7 Å². The Morgan fingerprint density at radius 2 is 2.26 bits per heavy atom. The average molecular weight is 313 g/mol. The van der Waals surface area contributed by atoms with Gasteiger partial charge in [0.15, 0.2) is 0 Å². The second-order valence-corrected chi connectivity index (χ2v) is 6.58. The number of nitriles is 1. The third-order valence-corrected chi connectivity index (χ3v) is 4.50. The molecule has 2 aromatic heterocycles. The summed E-state index contributed by atoms with van der Waals surface area (Å²) < 4.78 is 7.44. The van der Waals surface area contributed by atoms with Gasteiger partial charge in [-0.1, -0.05) is 0 Å². The Labute approximate surface area is 136 Å². The first-order valence-electron chi connectivity index (χ1n) is 8.10. The van der Waals surface area contributed by atoms with Crippen molar-refractivity contribution in [3.05, 3.63) is 17.8 Å². The molecule has 2 aromatic rings. The largest absolute Gasteiger partial charge is 0.377 e. The molecule has 0 radical (unpaired) electrons. The first kappa shape index (κ1) is 15.8. The van der Waals surface area contributed by atoms with Gasteiger partial charge in [-0.05, 0) is 33.8 Å². The standard InChI is InChI=1S/C17H23N5O/c1-5-22-16-13(17(3,4)11-18)8-15(20-14(16)9-19-22)21-6-7-23-10-12(21)2/h8-9,12H,5-7,10H2,1-4H3/t12-/m1/s1. The van der Waals surface area contributed by atoms with Gasteiger partial charge in [-0.25, -0.2) is 4.98 Å². The summed E-state index contributed by atoms with van der Waals surface area (Å²) in [6.45, 7) is 11.0. The molecule has 0 saturated carbocycles. The molecule has 1 aliphatic rings. The van der Waals surface area contributed by atoms with Gasteiger partial charge in [0, 0.05) is 18.7 Å². The number of hydrogen-bond acceptors (Lipinski definition) is 5. The van der Waals surface area contributed by atoms with Crippen LogP contribution in [0.15, 0.2) is 12.3 Å². The Morgan fingerprint density at radius 1 is 1.48 bits per heavy atom. The minimum Gasteiger partial charge on any atom is -0.377 e. The number of pyridine rings is 1. The lowest BCUT2D eigenvalue weighted by Crippen LogP contribution is -2.44. The molecule has 1 fully saturated rings. The quantitative estimate of drug-likeness (QED) is 0.871. The number of nitrogens with zero attached hydrogens (tertiary/aromatic N) is 5. The minimum atomic E-state index is -0.599. The van der Waals surface area contributed by atoms with E-state index in [0.29, 0.717) is 13.2 Å². The molecule has 3 rings (SSSR count). The van der Waals surface area contributed by atoms with Gasteiger partial charge in [0.05, 0.1) is 42.5 Å². The number of morpholine rings is 1. The highest BCUT2D eigenvalue weighted by molar-refractivity contribution is 5.82. The zero-order valence-electron chi connectivity index (χ0n) is 14.2. The monoisotopic (exact) mass is 313 g/mol. The van der Waals surface area contributed by atoms with Gasteiger partial charge < -0.3 is 9.64 Å². The van der Waals surface area contributed by atoms with E-state index in [-0.39, 0.29) is 6.04 Å². The molecule has 23 heavy (non-hydrogen) atoms. The Kier molecular flexibility index (Phi) is 3.99. The summed E-state index contributed by atoms with van der Waals surface area (Å²) in [6, 6.07) is 4.75. The van der Waals surface area contributed by atoms with Crippen LogP contribution in [0.3, 0.4) is 0 Å². The Hall–Kier alpha value is -2.13. The van der Waals surface area contributed by atoms with Crippen LogP contribution in [0.4, 0.5) is 5.82 Å². The Balaban J connectivity index is 2.21. The van der Waals surface area contributed by atoms with E-state index in [2.05, 4.69) is 29.1 Å². The fraction of sp³-hybridized carbons (Fsp3) is 0.588. The van der Waals surface area contributed by atoms with Gasteiger partial charge in [-0.3, -0.25) is 4.68 Å². The van der Waals surface area contributed by atoms with E-state index in [1.54, 1.807) is 6.20 Å². The fourth-order valence-corrected chi connectivity index (χ4v) is 3.08. The van der Waals surface area contributed by atoms with E-state index in [0.717, 1.165) is 35.5 Å². The molecular formula is C17H23N5O. The third-order valence-electron chi connectivity index (χ3n) is 4.50. The van der Waals surface area contributed by atoms with E-state index in [9.17, 15) is 5.26 Å². The molecule has 1 atom stereocenters. The fourth-order valence-electron chi connectivity index (χ4n) is 3.08. The van der Waals surface area contributed by atoms with Crippen molar-refractivity contribution in [3.8, 4) is 6.07 Å². The van der Waals surface area contributed by atoms with Crippen LogP contribution in [0.2, 0.25) is 0 Å². The summed E-state index contributed by atoms with van der Waals surface area (Å²) in [5, 5.41) is 14.1. The predicted octanol–water partition coefficient (Wildman–Crippen LogP) is 2.48. The molecule has 6 nitrogen and oxygen atoms in total. The lowest BCUT2D eigenvalue weighted by atomic mass is 9.85. The van der Waals surface area contributed by atoms with Crippen molar-refractivity contribution in [1.29, 1.82) is 5.26 Å². The molecule has 0 N–H and O–H groups in total. The van der Waals surface area contributed by atoms with Crippen molar-refractivity contribution in [3.63, 3.8) is 0 Å². The predicted molar refractivity (Wildman–Crippen MR) is 89.5 cm³/mol. The lowest BCUT2D eigenvalue weighted by Gasteiger charge is -2.35. The number of fused-ring (bicyclic) bond motifs is 1. The minimum absolute atomic E-state index is 0.271. The Morgan fingerprint density at radius 3 is 2.91 bits per heavy atom. The number of ether oxygens (including phenoxy) is 1. The first-order valence-corrected chi connectivity index (χ1v) is 8.10. The topological polar surface area (TPSA) is 67.0 Å². The van der Waals surface area contributed by atoms with Gasteiger partial charge in [0.2, 0.25) is 0 Å². The zero-order chi connectivity index (χ0) is 16.6. The summed E-state index contributed by atoms with van der Waals surface area (Å²) in [6.07, 6.45) is 1.80. The van der Waals surface area contributed by atoms with Crippen LogP contribution in [0, 0.1) is 11.3 Å². The van der Waals surface area contributed by atoms with Crippen LogP contribution in [0.5, 0.6) is 0 Å². The number of anilines is 1. The lowest BCUT2D eigenvalue weighted by molar-refractivity contribution is 0.0985. The normalized spacial score (nSPS) is 19.1. The third kappa shape index (κ3) is 2.66. The smallest absolute Gasteiger partial charge is 0.130 e. The number of rotatable bonds is 3. The molecule has 0 aliphatic carbocycles. The maximum absolute atomic E-state index is 9.63. The first-order chi connectivity index (χ1) is 11.0. The van der Waals surface area contributed by atoms with Crippen molar-refractivity contribution in [1.82, 2.24) is 14.8 Å². The van der Waals surface area contributed by atoms with Crippen LogP contribution in [0.1, 0.15) is 33.3 Å². The summed E-state index contributed by atoms with van der Waals surface area (Å²) in [7, 11) is 0. The Bertz CT molecular complexity index is 758. The molecule has 1 saturated heterocycles. The maximum Gasteiger partial charge on any atom is 0.130 e. The zero-order valence-corrected chi connectivity index (χ0v) is 14.2. The van der Waals surface area contributed by atoms with E-state index < -0.39 is 5.41 Å². The SMILES string of the molecule is CCn1ncc2nc(N3CCOC[C@H]3C)cc(C(C)(C)C#N)c21. The number of hydrogen-bond donors (Lipinski definition) is 0. The molecule has 6 heteroatoms.